The average Bonchev–Trinajstić information content (AvgIpc) is 3.62. The minimum Gasteiger partial charge on any atom is -0.353 e. The molecule has 1 aromatic rings. The van der Waals surface area contributed by atoms with Gasteiger partial charge in [0.1, 0.15) is 0 Å². The van der Waals surface area contributed by atoms with Crippen LogP contribution in [-0.4, -0.2) is 49.7 Å². The molecule has 1 aromatic carbocycles. The molecular formula is C26H37N3O4S. The average molecular weight is 488 g/mol. The molecule has 8 heteroatoms. The molecule has 2 aliphatic carbocycles. The third-order valence-corrected chi connectivity index (χ3v) is 10.1. The second-order valence-electron chi connectivity index (χ2n) is 10.9. The summed E-state index contributed by atoms with van der Waals surface area (Å²) in [6.07, 6.45) is 8.48. The standard InChI is InChI=1S/C26H37N3O4S/c1-17-6-3-4-8-23(17)27-25(30)20-7-5-13-28(16-20)34(32,33)22-11-12-24-21(15-22)14-18(2)29(24)26(31)19-9-10-19/h11-12,15,17-20,23H,3-10,13-14,16H2,1-2H3,(H,27,30)/t17-,18-,20-,23+/m1/s1. The van der Waals surface area contributed by atoms with Crippen molar-refractivity contribution in [3.8, 4) is 0 Å². The summed E-state index contributed by atoms with van der Waals surface area (Å²) in [7, 11) is -3.70. The van der Waals surface area contributed by atoms with Gasteiger partial charge in [-0.2, -0.15) is 4.31 Å². The summed E-state index contributed by atoms with van der Waals surface area (Å²) in [6, 6.07) is 5.42. The normalized spacial score (nSPS) is 30.1. The number of nitrogens with zero attached hydrogens (tertiary/aromatic N) is 2. The molecule has 186 valence electrons. The van der Waals surface area contributed by atoms with Gasteiger partial charge in [0.15, 0.2) is 0 Å². The van der Waals surface area contributed by atoms with Gasteiger partial charge in [-0.05, 0) is 81.5 Å². The second kappa shape index (κ2) is 9.26. The van der Waals surface area contributed by atoms with Crippen molar-refractivity contribution in [1.29, 1.82) is 0 Å². The van der Waals surface area contributed by atoms with Crippen molar-refractivity contribution in [1.82, 2.24) is 9.62 Å². The number of hydrogen-bond acceptors (Lipinski definition) is 4. The molecule has 3 fully saturated rings. The van der Waals surface area contributed by atoms with Crippen LogP contribution >= 0.6 is 0 Å². The Balaban J connectivity index is 1.29. The Kier molecular flexibility index (Phi) is 6.48. The number of hydrogen-bond donors (Lipinski definition) is 1. The third kappa shape index (κ3) is 4.51. The molecule has 0 bridgehead atoms. The van der Waals surface area contributed by atoms with Gasteiger partial charge in [0.2, 0.25) is 21.8 Å². The van der Waals surface area contributed by atoms with Gasteiger partial charge in [-0.25, -0.2) is 8.42 Å². The fourth-order valence-electron chi connectivity index (χ4n) is 5.99. The Labute approximate surface area is 203 Å². The Morgan fingerprint density at radius 1 is 0.971 bits per heavy atom. The number of rotatable bonds is 5. The van der Waals surface area contributed by atoms with Crippen LogP contribution in [0.3, 0.4) is 0 Å². The number of nitrogens with one attached hydrogen (secondary N) is 1. The summed E-state index contributed by atoms with van der Waals surface area (Å²) in [6.45, 7) is 4.88. The molecular weight excluding hydrogens is 450 g/mol. The smallest absolute Gasteiger partial charge is 0.243 e. The molecule has 2 saturated carbocycles. The summed E-state index contributed by atoms with van der Waals surface area (Å²) >= 11 is 0. The van der Waals surface area contributed by atoms with Crippen molar-refractivity contribution >= 4 is 27.5 Å². The molecule has 7 nitrogen and oxygen atoms in total. The highest BCUT2D eigenvalue weighted by Crippen LogP contribution is 2.40. The number of fused-ring (bicyclic) bond motifs is 1. The van der Waals surface area contributed by atoms with Gasteiger partial charge in [-0.1, -0.05) is 19.8 Å². The number of carbonyl (C=O) groups is 2. The van der Waals surface area contributed by atoms with Gasteiger partial charge in [-0.15, -0.1) is 0 Å². The Bertz CT molecular complexity index is 1070. The highest BCUT2D eigenvalue weighted by molar-refractivity contribution is 7.89. The van der Waals surface area contributed by atoms with E-state index < -0.39 is 10.0 Å². The van der Waals surface area contributed by atoms with E-state index in [-0.39, 0.29) is 47.2 Å². The first-order valence-corrected chi connectivity index (χ1v) is 14.5. The second-order valence-corrected chi connectivity index (χ2v) is 12.8. The van der Waals surface area contributed by atoms with Crippen molar-refractivity contribution in [2.45, 2.75) is 88.6 Å². The number of amides is 2. The molecule has 34 heavy (non-hydrogen) atoms. The summed E-state index contributed by atoms with van der Waals surface area (Å²) in [4.78, 5) is 27.9. The third-order valence-electron chi connectivity index (χ3n) is 8.26. The molecule has 0 radical (unpaired) electrons. The maximum atomic E-state index is 13.5. The lowest BCUT2D eigenvalue weighted by atomic mass is 9.85. The topological polar surface area (TPSA) is 86.8 Å². The van der Waals surface area contributed by atoms with Crippen LogP contribution in [0.2, 0.25) is 0 Å². The van der Waals surface area contributed by atoms with Crippen LogP contribution in [0, 0.1) is 17.8 Å². The van der Waals surface area contributed by atoms with E-state index in [9.17, 15) is 18.0 Å². The van der Waals surface area contributed by atoms with Crippen molar-refractivity contribution < 1.29 is 18.0 Å². The molecule has 0 aromatic heterocycles. The van der Waals surface area contributed by atoms with E-state index in [1.54, 1.807) is 18.2 Å². The van der Waals surface area contributed by atoms with Crippen molar-refractivity contribution in [3.05, 3.63) is 23.8 Å². The molecule has 2 aliphatic heterocycles. The number of benzene rings is 1. The van der Waals surface area contributed by atoms with Gasteiger partial charge >= 0.3 is 0 Å². The summed E-state index contributed by atoms with van der Waals surface area (Å²) in [5.41, 5.74) is 1.76. The lowest BCUT2D eigenvalue weighted by Crippen LogP contribution is -2.49. The van der Waals surface area contributed by atoms with E-state index in [1.807, 2.05) is 11.8 Å². The predicted molar refractivity (Wildman–Crippen MR) is 131 cm³/mol. The highest BCUT2D eigenvalue weighted by atomic mass is 32.2. The monoisotopic (exact) mass is 487 g/mol. The molecule has 5 rings (SSSR count). The first-order chi connectivity index (χ1) is 16.3. The van der Waals surface area contributed by atoms with Crippen molar-refractivity contribution in [2.75, 3.05) is 18.0 Å². The van der Waals surface area contributed by atoms with E-state index in [4.69, 9.17) is 0 Å². The van der Waals surface area contributed by atoms with Crippen LogP contribution in [-0.2, 0) is 26.0 Å². The lowest BCUT2D eigenvalue weighted by Gasteiger charge is -2.34. The fraction of sp³-hybridized carbons (Fsp3) is 0.692. The van der Waals surface area contributed by atoms with Gasteiger partial charge in [0, 0.05) is 36.8 Å². The minimum absolute atomic E-state index is 0.00402. The van der Waals surface area contributed by atoms with Crippen LogP contribution in [0.4, 0.5) is 5.69 Å². The first-order valence-electron chi connectivity index (χ1n) is 13.0. The van der Waals surface area contributed by atoms with E-state index in [0.717, 1.165) is 49.8 Å². The number of carbonyl (C=O) groups excluding carboxylic acids is 2. The number of sulfonamides is 1. The summed E-state index contributed by atoms with van der Waals surface area (Å²) in [5.74, 6) is 0.458. The summed E-state index contributed by atoms with van der Waals surface area (Å²) < 4.78 is 28.5. The Hall–Kier alpha value is -1.93. The quantitative estimate of drug-likeness (QED) is 0.689. The zero-order valence-corrected chi connectivity index (χ0v) is 21.1. The maximum absolute atomic E-state index is 13.5. The molecule has 0 unspecified atom stereocenters. The zero-order valence-electron chi connectivity index (χ0n) is 20.3. The molecule has 0 spiro atoms. The van der Waals surface area contributed by atoms with E-state index >= 15 is 0 Å². The molecule has 1 saturated heterocycles. The molecule has 4 atom stereocenters. The van der Waals surface area contributed by atoms with Crippen LogP contribution in [0.15, 0.2) is 23.1 Å². The number of piperidine rings is 1. The SMILES string of the molecule is C[C@@H]1CCCC[C@@H]1NC(=O)[C@@H]1CCCN(S(=O)(=O)c2ccc3c(c2)C[C@@H](C)N3C(=O)C2CC2)C1. The van der Waals surface area contributed by atoms with E-state index in [1.165, 1.54) is 10.7 Å². The predicted octanol–water partition coefficient (Wildman–Crippen LogP) is 3.47. The van der Waals surface area contributed by atoms with Gasteiger partial charge in [0.25, 0.3) is 0 Å². The summed E-state index contributed by atoms with van der Waals surface area (Å²) in [5, 5.41) is 3.22. The highest BCUT2D eigenvalue weighted by Gasteiger charge is 2.40. The zero-order chi connectivity index (χ0) is 24.0. The van der Waals surface area contributed by atoms with Crippen LogP contribution in [0.5, 0.6) is 0 Å². The van der Waals surface area contributed by atoms with Gasteiger partial charge in [-0.3, -0.25) is 9.59 Å². The van der Waals surface area contributed by atoms with Crippen LogP contribution in [0.25, 0.3) is 0 Å². The number of anilines is 1. The fourth-order valence-corrected chi connectivity index (χ4v) is 7.56. The lowest BCUT2D eigenvalue weighted by molar-refractivity contribution is -0.127. The van der Waals surface area contributed by atoms with E-state index in [2.05, 4.69) is 12.2 Å². The van der Waals surface area contributed by atoms with Crippen molar-refractivity contribution in [3.63, 3.8) is 0 Å². The largest absolute Gasteiger partial charge is 0.353 e. The first kappa shape index (κ1) is 23.8. The molecule has 1 N–H and O–H groups in total. The maximum Gasteiger partial charge on any atom is 0.243 e. The van der Waals surface area contributed by atoms with Crippen LogP contribution < -0.4 is 10.2 Å². The Morgan fingerprint density at radius 3 is 2.47 bits per heavy atom. The van der Waals surface area contributed by atoms with Crippen LogP contribution in [0.1, 0.15) is 70.8 Å². The van der Waals surface area contributed by atoms with E-state index in [0.29, 0.717) is 25.3 Å². The van der Waals surface area contributed by atoms with Gasteiger partial charge in [0.05, 0.1) is 10.8 Å². The Morgan fingerprint density at radius 2 is 1.74 bits per heavy atom. The molecule has 4 aliphatic rings. The minimum atomic E-state index is -3.70. The molecule has 2 amide bonds. The van der Waals surface area contributed by atoms with Crippen molar-refractivity contribution in [2.24, 2.45) is 17.8 Å². The molecule has 2 heterocycles. The van der Waals surface area contributed by atoms with Gasteiger partial charge < -0.3 is 10.2 Å².